The first-order valence-electron chi connectivity index (χ1n) is 6.43. The first-order valence-corrected chi connectivity index (χ1v) is 6.43. The van der Waals surface area contributed by atoms with Crippen molar-refractivity contribution in [3.05, 3.63) is 26.9 Å². The zero-order valence-corrected chi connectivity index (χ0v) is 11.3. The van der Waals surface area contributed by atoms with Gasteiger partial charge in [-0.2, -0.15) is 0 Å². The van der Waals surface area contributed by atoms with Crippen LogP contribution < -0.4 is 15.2 Å². The van der Waals surface area contributed by atoms with Crippen LogP contribution in [0.4, 0.5) is 11.5 Å². The molecule has 2 amide bonds. The van der Waals surface area contributed by atoms with Gasteiger partial charge in [-0.15, -0.1) is 0 Å². The summed E-state index contributed by atoms with van der Waals surface area (Å²) in [6.07, 6.45) is 0. The number of aromatic nitrogens is 1. The second kappa shape index (κ2) is 4.77. The number of nitrogens with zero attached hydrogens (tertiary/aromatic N) is 2. The number of imide groups is 1. The summed E-state index contributed by atoms with van der Waals surface area (Å²) in [7, 11) is 0. The molecule has 2 N–H and O–H groups in total. The van der Waals surface area contributed by atoms with Gasteiger partial charge in [0.15, 0.2) is 5.69 Å². The summed E-state index contributed by atoms with van der Waals surface area (Å²) in [6.45, 7) is 3.59. The van der Waals surface area contributed by atoms with E-state index in [-0.39, 0.29) is 22.5 Å². The van der Waals surface area contributed by atoms with Gasteiger partial charge in [-0.25, -0.2) is 4.98 Å². The Morgan fingerprint density at radius 3 is 2.48 bits per heavy atom. The monoisotopic (exact) mass is 293 g/mol. The zero-order valence-electron chi connectivity index (χ0n) is 11.3. The fourth-order valence-electron chi connectivity index (χ4n) is 2.65. The Balaban J connectivity index is 2.23. The van der Waals surface area contributed by atoms with Gasteiger partial charge in [0.2, 0.25) is 0 Å². The normalized spacial score (nSPS) is 17.7. The first-order chi connectivity index (χ1) is 10.0. The summed E-state index contributed by atoms with van der Waals surface area (Å²) in [6, 6.07) is 0. The van der Waals surface area contributed by atoms with Gasteiger partial charge in [0, 0.05) is 6.92 Å². The molecule has 0 spiro atoms. The van der Waals surface area contributed by atoms with Crippen molar-refractivity contribution in [3.63, 3.8) is 0 Å². The number of ether oxygens (including phenoxy) is 1. The maximum Gasteiger partial charge on any atom is 0.324 e. The van der Waals surface area contributed by atoms with Gasteiger partial charge in [-0.3, -0.25) is 29.9 Å². The van der Waals surface area contributed by atoms with Gasteiger partial charge < -0.3 is 4.74 Å². The number of rotatable bonds is 2. The largest absolute Gasteiger partial charge is 0.373 e. The highest BCUT2D eigenvalue weighted by molar-refractivity contribution is 6.25. The number of nitro groups is 1. The van der Waals surface area contributed by atoms with E-state index in [4.69, 9.17) is 4.74 Å². The Hall–Kier alpha value is -2.55. The molecule has 1 aromatic rings. The maximum absolute atomic E-state index is 12.0. The maximum atomic E-state index is 12.0. The van der Waals surface area contributed by atoms with Gasteiger partial charge in [0.25, 0.3) is 17.6 Å². The summed E-state index contributed by atoms with van der Waals surface area (Å²) in [5.41, 5.74) is -0.239. The summed E-state index contributed by atoms with van der Waals surface area (Å²) in [5.74, 6) is -0.913. The molecule has 0 saturated carbocycles. The van der Waals surface area contributed by atoms with Crippen LogP contribution in [0, 0.1) is 17.0 Å². The van der Waals surface area contributed by atoms with Crippen LogP contribution in [0.25, 0.3) is 0 Å². The smallest absolute Gasteiger partial charge is 0.324 e. The van der Waals surface area contributed by atoms with Crippen molar-refractivity contribution in [2.45, 2.75) is 6.92 Å². The number of aryl methyl sites for hydroxylation is 1. The van der Waals surface area contributed by atoms with Crippen molar-refractivity contribution < 1.29 is 24.2 Å². The molecule has 0 aliphatic carbocycles. The molecule has 0 radical (unpaired) electrons. The number of carbonyl (C=O) groups excluding carboxylic acids is 2. The van der Waals surface area contributed by atoms with E-state index in [1.807, 2.05) is 4.90 Å². The lowest BCUT2D eigenvalue weighted by molar-refractivity contribution is -0.420. The topological polar surface area (TPSA) is 116 Å². The van der Waals surface area contributed by atoms with Crippen molar-refractivity contribution in [2.24, 2.45) is 0 Å². The number of anilines is 1. The molecule has 21 heavy (non-hydrogen) atoms. The molecule has 110 valence electrons. The number of morpholine rings is 1. The summed E-state index contributed by atoms with van der Waals surface area (Å²) in [5, 5.41) is 13.3. The lowest BCUT2D eigenvalue weighted by Crippen LogP contribution is -2.41. The van der Waals surface area contributed by atoms with Crippen molar-refractivity contribution in [3.8, 4) is 0 Å². The quantitative estimate of drug-likeness (QED) is 0.444. The molecule has 1 aromatic heterocycles. The second-order valence-electron chi connectivity index (χ2n) is 4.84. The van der Waals surface area contributed by atoms with Gasteiger partial charge in [0.1, 0.15) is 24.2 Å². The highest BCUT2D eigenvalue weighted by Crippen LogP contribution is 2.32. The second-order valence-corrected chi connectivity index (χ2v) is 4.84. The molecule has 0 bridgehead atoms. The Bertz CT molecular complexity index is 666. The molecule has 2 aliphatic rings. The molecule has 2 aliphatic heterocycles. The van der Waals surface area contributed by atoms with Crippen molar-refractivity contribution in [1.29, 1.82) is 0 Å². The molecule has 1 saturated heterocycles. The molecule has 3 rings (SSSR count). The molecule has 0 aromatic carbocycles. The number of H-pyrrole nitrogens is 1. The van der Waals surface area contributed by atoms with E-state index < -0.39 is 16.7 Å². The SMILES string of the molecule is Cc1[nH+]c(N2CCOCC2)c2c(c1[N+](=O)[O-])C(=O)NC2=O. The van der Waals surface area contributed by atoms with E-state index in [1.54, 1.807) is 0 Å². The molecular formula is C12H13N4O5+. The third kappa shape index (κ3) is 2.02. The standard InChI is InChI=1S/C12H12N4O5/c1-6-9(16(19)20)7-8(12(18)14-11(7)17)10(13-6)15-2-4-21-5-3-15/h2-5H2,1H3,(H,14,17,18)/p+1. The third-order valence-electron chi connectivity index (χ3n) is 3.58. The lowest BCUT2D eigenvalue weighted by Gasteiger charge is -2.22. The van der Waals surface area contributed by atoms with E-state index in [9.17, 15) is 19.7 Å². The van der Waals surface area contributed by atoms with Gasteiger partial charge in [-0.1, -0.05) is 0 Å². The minimum absolute atomic E-state index is 0.0409. The van der Waals surface area contributed by atoms with Gasteiger partial charge >= 0.3 is 5.69 Å². The minimum Gasteiger partial charge on any atom is -0.373 e. The molecule has 0 atom stereocenters. The average Bonchev–Trinajstić information content (AvgIpc) is 2.74. The van der Waals surface area contributed by atoms with E-state index in [1.165, 1.54) is 6.92 Å². The fraction of sp³-hybridized carbons (Fsp3) is 0.417. The van der Waals surface area contributed by atoms with Crippen molar-refractivity contribution in [1.82, 2.24) is 5.32 Å². The molecular weight excluding hydrogens is 280 g/mol. The summed E-state index contributed by atoms with van der Waals surface area (Å²) < 4.78 is 5.25. The Morgan fingerprint density at radius 1 is 1.24 bits per heavy atom. The predicted molar refractivity (Wildman–Crippen MR) is 69.2 cm³/mol. The molecule has 9 heteroatoms. The summed E-state index contributed by atoms with van der Waals surface area (Å²) in [4.78, 5) is 39.2. The molecule has 1 fully saturated rings. The van der Waals surface area contributed by atoms with E-state index in [0.29, 0.717) is 32.1 Å². The number of hydrogen-bond acceptors (Lipinski definition) is 6. The van der Waals surface area contributed by atoms with E-state index in [0.717, 1.165) is 0 Å². The van der Waals surface area contributed by atoms with Crippen LogP contribution in [-0.2, 0) is 4.74 Å². The number of aromatic amines is 1. The number of carbonyl (C=O) groups is 2. The van der Waals surface area contributed by atoms with Crippen molar-refractivity contribution in [2.75, 3.05) is 31.2 Å². The van der Waals surface area contributed by atoms with Gasteiger partial charge in [0.05, 0.1) is 18.1 Å². The number of nitrogens with one attached hydrogen (secondary N) is 2. The number of hydrogen-bond donors (Lipinski definition) is 1. The van der Waals surface area contributed by atoms with Crippen LogP contribution in [0.1, 0.15) is 26.4 Å². The Morgan fingerprint density at radius 2 is 1.86 bits per heavy atom. The van der Waals surface area contributed by atoms with Crippen LogP contribution in [0.5, 0.6) is 0 Å². The molecule has 0 unspecified atom stereocenters. The van der Waals surface area contributed by atoms with Crippen LogP contribution in [-0.4, -0.2) is 43.0 Å². The number of fused-ring (bicyclic) bond motifs is 1. The number of amides is 2. The van der Waals surface area contributed by atoms with Crippen LogP contribution in [0.15, 0.2) is 0 Å². The van der Waals surface area contributed by atoms with Crippen molar-refractivity contribution >= 4 is 23.3 Å². The van der Waals surface area contributed by atoms with Crippen LogP contribution >= 0.6 is 0 Å². The fourth-order valence-corrected chi connectivity index (χ4v) is 2.65. The van der Waals surface area contributed by atoms with Gasteiger partial charge in [-0.05, 0) is 0 Å². The predicted octanol–water partition coefficient (Wildman–Crippen LogP) is -0.562. The summed E-state index contributed by atoms with van der Waals surface area (Å²) >= 11 is 0. The Kier molecular flexibility index (Phi) is 3.05. The molecule has 9 nitrogen and oxygen atoms in total. The number of pyridine rings is 1. The minimum atomic E-state index is -0.728. The first kappa shape index (κ1) is 13.4. The van der Waals surface area contributed by atoms with Crippen LogP contribution in [0.3, 0.4) is 0 Å². The lowest BCUT2D eigenvalue weighted by atomic mass is 10.1. The third-order valence-corrected chi connectivity index (χ3v) is 3.58. The average molecular weight is 293 g/mol. The molecule has 3 heterocycles. The van der Waals surface area contributed by atoms with E-state index in [2.05, 4.69) is 10.3 Å². The van der Waals surface area contributed by atoms with Crippen LogP contribution in [0.2, 0.25) is 0 Å². The van der Waals surface area contributed by atoms with E-state index >= 15 is 0 Å². The Labute approximate surface area is 119 Å². The highest BCUT2D eigenvalue weighted by Gasteiger charge is 2.44. The highest BCUT2D eigenvalue weighted by atomic mass is 16.6. The zero-order chi connectivity index (χ0) is 15.1.